The molecule has 0 radical (unpaired) electrons. The van der Waals surface area contributed by atoms with E-state index < -0.39 is 6.29 Å². The average molecular weight is 222 g/mol. The molecular weight excluding hydrogens is 200 g/mol. The molecule has 0 aromatic heterocycles. The van der Waals surface area contributed by atoms with E-state index in [-0.39, 0.29) is 12.3 Å². The molecule has 2 atom stereocenters. The van der Waals surface area contributed by atoms with Crippen LogP contribution in [0.25, 0.3) is 0 Å². The van der Waals surface area contributed by atoms with Crippen molar-refractivity contribution in [1.29, 1.82) is 0 Å². The third-order valence-electron chi connectivity index (χ3n) is 1.14. The van der Waals surface area contributed by atoms with Crippen LogP contribution in [0.5, 0.6) is 0 Å². The van der Waals surface area contributed by atoms with Crippen molar-refractivity contribution >= 4 is 5.97 Å². The van der Waals surface area contributed by atoms with Gasteiger partial charge in [-0.3, -0.25) is 4.79 Å². The number of carbonyl (C=O) groups excluding carboxylic acids is 1. The molecule has 0 saturated carbocycles. The number of rotatable bonds is 5. The predicted molar refractivity (Wildman–Crippen MR) is 56.2 cm³/mol. The molecule has 0 aromatic rings. The fraction of sp³-hybridized carbons (Fsp3) is 0.900. The Morgan fingerprint density at radius 1 is 1.27 bits per heavy atom. The van der Waals surface area contributed by atoms with Crippen molar-refractivity contribution in [2.45, 2.75) is 47.2 Å². The summed E-state index contributed by atoms with van der Waals surface area (Å²) in [5, 5.41) is 8.65. The number of aliphatic hydroxyl groups excluding tert-OH is 1. The van der Waals surface area contributed by atoms with Gasteiger partial charge in [-0.1, -0.05) is 0 Å². The van der Waals surface area contributed by atoms with E-state index in [9.17, 15) is 4.79 Å². The summed E-state index contributed by atoms with van der Waals surface area (Å²) >= 11 is 0. The maximum atomic E-state index is 9.82. The first-order chi connectivity index (χ1) is 6.93. The summed E-state index contributed by atoms with van der Waals surface area (Å²) < 4.78 is 14.2. The zero-order chi connectivity index (χ0) is 12.3. The van der Waals surface area contributed by atoms with Gasteiger partial charge in [0.25, 0.3) is 0 Å². The Morgan fingerprint density at radius 3 is 2.00 bits per heavy atom. The Labute approximate surface area is 91.3 Å². The molecular formula is C10H22O5. The van der Waals surface area contributed by atoms with Gasteiger partial charge in [0, 0.05) is 13.5 Å². The SMILES string of the molecule is CCOC(C)=O.CCOC(C)OC(C)O. The number of ether oxygens (including phenoxy) is 3. The summed E-state index contributed by atoms with van der Waals surface area (Å²) in [5.41, 5.74) is 0. The summed E-state index contributed by atoms with van der Waals surface area (Å²) in [6, 6.07) is 0. The van der Waals surface area contributed by atoms with Crippen LogP contribution in [0, 0.1) is 0 Å². The predicted octanol–water partition coefficient (Wildman–Crippen LogP) is 1.29. The van der Waals surface area contributed by atoms with Gasteiger partial charge in [-0.2, -0.15) is 0 Å². The van der Waals surface area contributed by atoms with E-state index in [1.165, 1.54) is 6.92 Å². The van der Waals surface area contributed by atoms with Gasteiger partial charge >= 0.3 is 5.97 Å². The minimum atomic E-state index is -0.744. The van der Waals surface area contributed by atoms with Gasteiger partial charge in [0.2, 0.25) is 0 Å². The molecule has 0 fully saturated rings. The van der Waals surface area contributed by atoms with Gasteiger partial charge in [-0.15, -0.1) is 0 Å². The highest BCUT2D eigenvalue weighted by Crippen LogP contribution is 1.95. The monoisotopic (exact) mass is 222 g/mol. The van der Waals surface area contributed by atoms with Crippen LogP contribution in [-0.4, -0.2) is 36.9 Å². The van der Waals surface area contributed by atoms with E-state index in [1.54, 1.807) is 20.8 Å². The van der Waals surface area contributed by atoms with Crippen LogP contribution in [-0.2, 0) is 19.0 Å². The van der Waals surface area contributed by atoms with E-state index in [2.05, 4.69) is 4.74 Å². The number of hydrogen-bond donors (Lipinski definition) is 1. The minimum Gasteiger partial charge on any atom is -0.466 e. The zero-order valence-corrected chi connectivity index (χ0v) is 10.1. The Balaban J connectivity index is 0. The molecule has 0 aliphatic heterocycles. The van der Waals surface area contributed by atoms with Crippen molar-refractivity contribution in [2.24, 2.45) is 0 Å². The lowest BCUT2D eigenvalue weighted by molar-refractivity contribution is -0.211. The fourth-order valence-electron chi connectivity index (χ4n) is 0.755. The molecule has 0 aliphatic carbocycles. The maximum Gasteiger partial charge on any atom is 0.302 e. The molecule has 92 valence electrons. The third kappa shape index (κ3) is 19.7. The van der Waals surface area contributed by atoms with E-state index in [0.717, 1.165) is 0 Å². The lowest BCUT2D eigenvalue weighted by atomic mass is 10.7. The van der Waals surface area contributed by atoms with Crippen molar-refractivity contribution in [3.05, 3.63) is 0 Å². The van der Waals surface area contributed by atoms with Crippen molar-refractivity contribution < 1.29 is 24.1 Å². The second kappa shape index (κ2) is 11.4. The van der Waals surface area contributed by atoms with Crippen LogP contribution < -0.4 is 0 Å². The smallest absolute Gasteiger partial charge is 0.302 e. The Bertz CT molecular complexity index is 147. The lowest BCUT2D eigenvalue weighted by Crippen LogP contribution is -2.19. The molecule has 0 heterocycles. The molecule has 5 heteroatoms. The second-order valence-corrected chi connectivity index (χ2v) is 2.68. The maximum absolute atomic E-state index is 9.82. The summed E-state index contributed by atoms with van der Waals surface area (Å²) in [5.74, 6) is -0.211. The number of hydrogen-bond acceptors (Lipinski definition) is 5. The van der Waals surface area contributed by atoms with E-state index in [4.69, 9.17) is 14.6 Å². The molecule has 0 rings (SSSR count). The number of esters is 1. The lowest BCUT2D eigenvalue weighted by Gasteiger charge is -2.13. The van der Waals surface area contributed by atoms with Gasteiger partial charge in [-0.05, 0) is 27.7 Å². The summed E-state index contributed by atoms with van der Waals surface area (Å²) in [7, 11) is 0. The van der Waals surface area contributed by atoms with Crippen LogP contribution in [0.3, 0.4) is 0 Å². The molecule has 0 aliphatic rings. The van der Waals surface area contributed by atoms with Gasteiger partial charge in [0.15, 0.2) is 12.6 Å². The highest BCUT2D eigenvalue weighted by molar-refractivity contribution is 5.65. The van der Waals surface area contributed by atoms with Crippen molar-refractivity contribution in [2.75, 3.05) is 13.2 Å². The normalized spacial score (nSPS) is 13.5. The molecule has 15 heavy (non-hydrogen) atoms. The first-order valence-electron chi connectivity index (χ1n) is 5.02. The molecule has 0 spiro atoms. The first-order valence-corrected chi connectivity index (χ1v) is 5.02. The van der Waals surface area contributed by atoms with Crippen LogP contribution >= 0.6 is 0 Å². The van der Waals surface area contributed by atoms with E-state index in [1.807, 2.05) is 6.92 Å². The van der Waals surface area contributed by atoms with Gasteiger partial charge in [-0.25, -0.2) is 0 Å². The number of aliphatic hydroxyl groups is 1. The molecule has 0 aromatic carbocycles. The zero-order valence-electron chi connectivity index (χ0n) is 10.1. The molecule has 0 bridgehead atoms. The molecule has 0 saturated heterocycles. The Kier molecular flexibility index (Phi) is 12.8. The van der Waals surface area contributed by atoms with Crippen LogP contribution in [0.4, 0.5) is 0 Å². The van der Waals surface area contributed by atoms with Gasteiger partial charge in [0.05, 0.1) is 6.61 Å². The molecule has 0 amide bonds. The van der Waals surface area contributed by atoms with Gasteiger partial charge in [0.1, 0.15) is 0 Å². The topological polar surface area (TPSA) is 65.0 Å². The van der Waals surface area contributed by atoms with E-state index >= 15 is 0 Å². The second-order valence-electron chi connectivity index (χ2n) is 2.68. The summed E-state index contributed by atoms with van der Waals surface area (Å²) in [6.07, 6.45) is -1.05. The quantitative estimate of drug-likeness (QED) is 0.561. The van der Waals surface area contributed by atoms with E-state index in [0.29, 0.717) is 13.2 Å². The van der Waals surface area contributed by atoms with Crippen LogP contribution in [0.1, 0.15) is 34.6 Å². The molecule has 2 unspecified atom stereocenters. The Morgan fingerprint density at radius 2 is 1.80 bits per heavy atom. The summed E-state index contributed by atoms with van der Waals surface area (Å²) in [4.78, 5) is 9.82. The summed E-state index contributed by atoms with van der Waals surface area (Å²) in [6.45, 7) is 9.43. The largest absolute Gasteiger partial charge is 0.466 e. The van der Waals surface area contributed by atoms with Crippen molar-refractivity contribution in [3.63, 3.8) is 0 Å². The van der Waals surface area contributed by atoms with Crippen molar-refractivity contribution in [1.82, 2.24) is 0 Å². The fourth-order valence-corrected chi connectivity index (χ4v) is 0.755. The highest BCUT2D eigenvalue weighted by atomic mass is 16.7. The highest BCUT2D eigenvalue weighted by Gasteiger charge is 2.02. The first kappa shape index (κ1) is 16.8. The van der Waals surface area contributed by atoms with Gasteiger partial charge < -0.3 is 19.3 Å². The standard InChI is InChI=1S/C6H14O3.C4H8O2/c1-4-8-6(3)9-5(2)7;1-3-6-4(2)5/h5-7H,4H2,1-3H3;3H2,1-2H3. The average Bonchev–Trinajstić information content (AvgIpc) is 2.03. The molecule has 1 N–H and O–H groups in total. The number of carbonyl (C=O) groups is 1. The molecule has 5 nitrogen and oxygen atoms in total. The Hall–Kier alpha value is -0.650. The van der Waals surface area contributed by atoms with Crippen LogP contribution in [0.15, 0.2) is 0 Å². The van der Waals surface area contributed by atoms with Crippen LogP contribution in [0.2, 0.25) is 0 Å². The minimum absolute atomic E-state index is 0.211. The third-order valence-corrected chi connectivity index (χ3v) is 1.14. The van der Waals surface area contributed by atoms with Crippen molar-refractivity contribution in [3.8, 4) is 0 Å².